The lowest BCUT2D eigenvalue weighted by atomic mass is 10.3. The minimum atomic E-state index is -0.393. The molecule has 0 aliphatic heterocycles. The van der Waals surface area contributed by atoms with Gasteiger partial charge in [-0.15, -0.1) is 5.10 Å². The second kappa shape index (κ2) is 5.90. The fraction of sp³-hybridized carbons (Fsp3) is 0.182. The molecule has 1 aromatic heterocycles. The van der Waals surface area contributed by atoms with E-state index >= 15 is 0 Å². The zero-order valence-corrected chi connectivity index (χ0v) is 11.4. The summed E-state index contributed by atoms with van der Waals surface area (Å²) < 4.78 is 5.26. The average molecular weight is 301 g/mol. The van der Waals surface area contributed by atoms with Crippen LogP contribution in [-0.2, 0) is 4.79 Å². The minimum absolute atomic E-state index is 0.197. The van der Waals surface area contributed by atoms with E-state index < -0.39 is 5.91 Å². The lowest BCUT2D eigenvalue weighted by molar-refractivity contribution is -0.118. The molecule has 0 saturated heterocycles. The van der Waals surface area contributed by atoms with Gasteiger partial charge in [0.1, 0.15) is 11.6 Å². The molecule has 0 fully saturated rings. The summed E-state index contributed by atoms with van der Waals surface area (Å²) >= 11 is 11.7. The van der Waals surface area contributed by atoms with Crippen LogP contribution in [0.15, 0.2) is 18.2 Å². The van der Waals surface area contributed by atoms with Gasteiger partial charge in [-0.1, -0.05) is 23.2 Å². The first-order chi connectivity index (χ1) is 9.04. The Morgan fingerprint density at radius 2 is 2.26 bits per heavy atom. The third kappa shape index (κ3) is 3.84. The summed E-state index contributed by atoms with van der Waals surface area (Å²) in [5.41, 5.74) is 0. The fourth-order valence-electron chi connectivity index (χ4n) is 1.29. The molecule has 2 rings (SSSR count). The molecule has 8 heteroatoms. The highest BCUT2D eigenvalue weighted by Gasteiger charge is 2.09. The molecular formula is C11H10Cl2N4O2. The number of nitrogens with zero attached hydrogens (tertiary/aromatic N) is 2. The zero-order chi connectivity index (χ0) is 13.8. The normalized spacial score (nSPS) is 10.3. The standard InChI is InChI=1S/C11H10Cl2N4O2/c1-6-14-11(17-16-6)15-10(18)5-19-9-4-7(12)2-3-8(9)13/h2-4H,5H2,1H3,(H2,14,15,16,17,18). The van der Waals surface area contributed by atoms with Gasteiger partial charge in [0, 0.05) is 11.1 Å². The molecule has 0 radical (unpaired) electrons. The van der Waals surface area contributed by atoms with Crippen LogP contribution in [0.3, 0.4) is 0 Å². The molecule has 0 spiro atoms. The minimum Gasteiger partial charge on any atom is -0.482 e. The summed E-state index contributed by atoms with van der Waals surface area (Å²) in [6.07, 6.45) is 0. The molecular weight excluding hydrogens is 291 g/mol. The van der Waals surface area contributed by atoms with E-state index in [0.717, 1.165) is 0 Å². The van der Waals surface area contributed by atoms with Gasteiger partial charge in [-0.05, 0) is 19.1 Å². The number of aryl methyl sites for hydroxylation is 1. The number of benzene rings is 1. The molecule has 2 aromatic rings. The highest BCUT2D eigenvalue weighted by atomic mass is 35.5. The number of anilines is 1. The number of rotatable bonds is 4. The van der Waals surface area contributed by atoms with E-state index in [9.17, 15) is 4.79 Å². The Balaban J connectivity index is 1.91. The number of hydrogen-bond donors (Lipinski definition) is 2. The van der Waals surface area contributed by atoms with Crippen LogP contribution in [0, 0.1) is 6.92 Å². The highest BCUT2D eigenvalue weighted by Crippen LogP contribution is 2.27. The number of carbonyl (C=O) groups is 1. The highest BCUT2D eigenvalue weighted by molar-refractivity contribution is 6.34. The van der Waals surface area contributed by atoms with E-state index in [2.05, 4.69) is 20.5 Å². The van der Waals surface area contributed by atoms with Crippen molar-refractivity contribution in [3.63, 3.8) is 0 Å². The van der Waals surface area contributed by atoms with Crippen LogP contribution in [0.1, 0.15) is 5.82 Å². The van der Waals surface area contributed by atoms with Gasteiger partial charge < -0.3 is 4.74 Å². The Bertz CT molecular complexity index is 600. The Labute approximate surface area is 119 Å². The van der Waals surface area contributed by atoms with Crippen molar-refractivity contribution in [3.05, 3.63) is 34.1 Å². The van der Waals surface area contributed by atoms with Crippen LogP contribution in [0.4, 0.5) is 5.95 Å². The van der Waals surface area contributed by atoms with Crippen LogP contribution in [-0.4, -0.2) is 27.7 Å². The van der Waals surface area contributed by atoms with E-state index in [-0.39, 0.29) is 12.6 Å². The van der Waals surface area contributed by atoms with E-state index in [1.54, 1.807) is 19.1 Å². The van der Waals surface area contributed by atoms with Crippen molar-refractivity contribution in [2.24, 2.45) is 0 Å². The predicted molar refractivity (Wildman–Crippen MR) is 71.7 cm³/mol. The predicted octanol–water partition coefficient (Wildman–Crippen LogP) is 2.44. The van der Waals surface area contributed by atoms with Crippen LogP contribution in [0.2, 0.25) is 10.0 Å². The summed E-state index contributed by atoms with van der Waals surface area (Å²) in [5, 5.41) is 9.71. The molecule has 1 amide bonds. The monoisotopic (exact) mass is 300 g/mol. The van der Waals surface area contributed by atoms with Crippen molar-refractivity contribution in [3.8, 4) is 5.75 Å². The lowest BCUT2D eigenvalue weighted by Crippen LogP contribution is -2.21. The molecule has 100 valence electrons. The Kier molecular flexibility index (Phi) is 4.24. The number of aromatic nitrogens is 3. The van der Waals surface area contributed by atoms with E-state index in [4.69, 9.17) is 27.9 Å². The molecule has 2 N–H and O–H groups in total. The van der Waals surface area contributed by atoms with Crippen molar-refractivity contribution in [1.82, 2.24) is 15.2 Å². The summed E-state index contributed by atoms with van der Waals surface area (Å²) in [6, 6.07) is 4.76. The fourth-order valence-corrected chi connectivity index (χ4v) is 1.62. The van der Waals surface area contributed by atoms with Gasteiger partial charge in [-0.2, -0.15) is 4.98 Å². The first-order valence-electron chi connectivity index (χ1n) is 5.31. The lowest BCUT2D eigenvalue weighted by Gasteiger charge is -2.07. The number of H-pyrrole nitrogens is 1. The number of carbonyl (C=O) groups excluding carboxylic acids is 1. The summed E-state index contributed by atoms with van der Waals surface area (Å²) in [6.45, 7) is 1.51. The first-order valence-corrected chi connectivity index (χ1v) is 6.07. The molecule has 1 aromatic carbocycles. The molecule has 0 aliphatic rings. The van der Waals surface area contributed by atoms with Crippen molar-refractivity contribution in [2.45, 2.75) is 6.92 Å². The van der Waals surface area contributed by atoms with Gasteiger partial charge in [0.15, 0.2) is 6.61 Å². The molecule has 6 nitrogen and oxygen atoms in total. The largest absolute Gasteiger partial charge is 0.482 e. The molecule has 0 saturated carbocycles. The second-order valence-electron chi connectivity index (χ2n) is 3.66. The van der Waals surface area contributed by atoms with E-state index in [1.165, 1.54) is 6.07 Å². The number of amides is 1. The molecule has 0 bridgehead atoms. The van der Waals surface area contributed by atoms with Crippen LogP contribution >= 0.6 is 23.2 Å². The number of halogens is 2. The smallest absolute Gasteiger partial charge is 0.264 e. The molecule has 0 atom stereocenters. The molecule has 1 heterocycles. The summed E-state index contributed by atoms with van der Waals surface area (Å²) in [4.78, 5) is 15.5. The Morgan fingerprint density at radius 3 is 2.95 bits per heavy atom. The molecule has 19 heavy (non-hydrogen) atoms. The SMILES string of the molecule is Cc1nc(NC(=O)COc2cc(Cl)ccc2Cl)n[nH]1. The summed E-state index contributed by atoms with van der Waals surface area (Å²) in [5.74, 6) is 0.753. The number of aromatic amines is 1. The number of ether oxygens (including phenoxy) is 1. The first kappa shape index (κ1) is 13.6. The van der Waals surface area contributed by atoms with Gasteiger partial charge in [-0.3, -0.25) is 15.2 Å². The number of nitrogens with one attached hydrogen (secondary N) is 2. The van der Waals surface area contributed by atoms with Gasteiger partial charge in [0.2, 0.25) is 5.95 Å². The van der Waals surface area contributed by atoms with Crippen LogP contribution in [0.25, 0.3) is 0 Å². The maximum atomic E-state index is 11.6. The Morgan fingerprint density at radius 1 is 1.47 bits per heavy atom. The topological polar surface area (TPSA) is 79.9 Å². The van der Waals surface area contributed by atoms with Crippen molar-refractivity contribution in [1.29, 1.82) is 0 Å². The van der Waals surface area contributed by atoms with Crippen LogP contribution < -0.4 is 10.1 Å². The molecule has 0 unspecified atom stereocenters. The van der Waals surface area contributed by atoms with E-state index in [0.29, 0.717) is 21.6 Å². The zero-order valence-electron chi connectivity index (χ0n) is 9.91. The number of hydrogen-bond acceptors (Lipinski definition) is 4. The second-order valence-corrected chi connectivity index (χ2v) is 4.50. The van der Waals surface area contributed by atoms with Gasteiger partial charge in [0.25, 0.3) is 5.91 Å². The third-order valence-corrected chi connectivity index (χ3v) is 2.65. The van der Waals surface area contributed by atoms with E-state index in [1.807, 2.05) is 0 Å². The Hall–Kier alpha value is -1.79. The average Bonchev–Trinajstić information content (AvgIpc) is 2.76. The van der Waals surface area contributed by atoms with Gasteiger partial charge in [0.05, 0.1) is 5.02 Å². The third-order valence-electron chi connectivity index (χ3n) is 2.10. The molecule has 0 aliphatic carbocycles. The van der Waals surface area contributed by atoms with Crippen molar-refractivity contribution in [2.75, 3.05) is 11.9 Å². The van der Waals surface area contributed by atoms with Gasteiger partial charge in [-0.25, -0.2) is 0 Å². The van der Waals surface area contributed by atoms with Crippen LogP contribution in [0.5, 0.6) is 5.75 Å². The maximum absolute atomic E-state index is 11.6. The van der Waals surface area contributed by atoms with Gasteiger partial charge >= 0.3 is 0 Å². The summed E-state index contributed by atoms with van der Waals surface area (Å²) in [7, 11) is 0. The quantitative estimate of drug-likeness (QED) is 0.909. The maximum Gasteiger partial charge on any atom is 0.264 e. The van der Waals surface area contributed by atoms with Crippen molar-refractivity contribution < 1.29 is 9.53 Å². The van der Waals surface area contributed by atoms with Crippen molar-refractivity contribution >= 4 is 35.1 Å².